The fourth-order valence-electron chi connectivity index (χ4n) is 2.15. The van der Waals surface area contributed by atoms with Crippen LogP contribution in [0.15, 0.2) is 23.3 Å². The predicted octanol–water partition coefficient (Wildman–Crippen LogP) is 1.02. The first kappa shape index (κ1) is 15.4. The van der Waals surface area contributed by atoms with Gasteiger partial charge in [-0.2, -0.15) is 5.10 Å². The first-order chi connectivity index (χ1) is 10.4. The monoisotopic (exact) mass is 304 g/mol. The lowest BCUT2D eigenvalue weighted by molar-refractivity contribution is -0.383. The van der Waals surface area contributed by atoms with Crippen LogP contribution < -0.4 is 16.1 Å². The molecule has 1 aliphatic heterocycles. The van der Waals surface area contributed by atoms with Crippen LogP contribution in [-0.4, -0.2) is 29.5 Å². The van der Waals surface area contributed by atoms with Crippen molar-refractivity contribution in [2.24, 2.45) is 11.0 Å². The van der Waals surface area contributed by atoms with Gasteiger partial charge in [-0.05, 0) is 6.07 Å². The van der Waals surface area contributed by atoms with Crippen LogP contribution in [0.3, 0.4) is 0 Å². The summed E-state index contributed by atoms with van der Waals surface area (Å²) < 4.78 is 0. The van der Waals surface area contributed by atoms with Gasteiger partial charge in [-0.3, -0.25) is 20.3 Å². The highest BCUT2D eigenvalue weighted by atomic mass is 16.6. The Morgan fingerprint density at radius 1 is 1.55 bits per heavy atom. The SMILES string of the molecule is CNC(=N)Nc1ccc(C2=NNC(=O)CC2C)cc1[N+](=O)[O-]. The molecule has 1 atom stereocenters. The molecule has 0 aliphatic carbocycles. The third kappa shape index (κ3) is 3.19. The van der Waals surface area contributed by atoms with Crippen LogP contribution >= 0.6 is 0 Å². The van der Waals surface area contributed by atoms with Crippen LogP contribution in [0.5, 0.6) is 0 Å². The Labute approximate surface area is 126 Å². The van der Waals surface area contributed by atoms with E-state index < -0.39 is 4.92 Å². The lowest BCUT2D eigenvalue weighted by Crippen LogP contribution is -2.32. The second kappa shape index (κ2) is 6.20. The van der Waals surface area contributed by atoms with E-state index >= 15 is 0 Å². The summed E-state index contributed by atoms with van der Waals surface area (Å²) in [6.07, 6.45) is 0.289. The van der Waals surface area contributed by atoms with Gasteiger partial charge in [0.2, 0.25) is 5.91 Å². The van der Waals surface area contributed by atoms with Crippen LogP contribution in [0.1, 0.15) is 18.9 Å². The van der Waals surface area contributed by atoms with Crippen molar-refractivity contribution in [2.45, 2.75) is 13.3 Å². The quantitative estimate of drug-likeness (QED) is 0.286. The Morgan fingerprint density at radius 3 is 2.86 bits per heavy atom. The number of guanidine groups is 1. The number of nitro benzene ring substituents is 1. The number of hydrogen-bond donors (Lipinski definition) is 4. The van der Waals surface area contributed by atoms with Crippen LogP contribution in [0, 0.1) is 21.4 Å². The molecule has 1 amide bonds. The van der Waals surface area contributed by atoms with Crippen molar-refractivity contribution in [2.75, 3.05) is 12.4 Å². The number of carbonyl (C=O) groups is 1. The number of benzene rings is 1. The van der Waals surface area contributed by atoms with Gasteiger partial charge in [0.15, 0.2) is 5.96 Å². The smallest absolute Gasteiger partial charge is 0.293 e. The molecule has 2 rings (SSSR count). The number of amides is 1. The summed E-state index contributed by atoms with van der Waals surface area (Å²) in [6.45, 7) is 1.84. The third-order valence-electron chi connectivity index (χ3n) is 3.26. The first-order valence-electron chi connectivity index (χ1n) is 6.61. The summed E-state index contributed by atoms with van der Waals surface area (Å²) in [7, 11) is 1.54. The third-order valence-corrected chi connectivity index (χ3v) is 3.26. The molecule has 0 saturated carbocycles. The first-order valence-corrected chi connectivity index (χ1v) is 6.61. The van der Waals surface area contributed by atoms with Gasteiger partial charge >= 0.3 is 0 Å². The van der Waals surface area contributed by atoms with Gasteiger partial charge in [-0.1, -0.05) is 13.0 Å². The van der Waals surface area contributed by atoms with Crippen molar-refractivity contribution in [1.82, 2.24) is 10.7 Å². The molecule has 0 spiro atoms. The molecule has 0 aromatic heterocycles. The van der Waals surface area contributed by atoms with E-state index in [1.54, 1.807) is 6.07 Å². The maximum absolute atomic E-state index is 11.3. The molecule has 1 unspecified atom stereocenters. The zero-order chi connectivity index (χ0) is 16.3. The fraction of sp³-hybridized carbons (Fsp3) is 0.308. The Kier molecular flexibility index (Phi) is 4.35. The number of carbonyl (C=O) groups excluding carboxylic acids is 1. The van der Waals surface area contributed by atoms with Crippen molar-refractivity contribution < 1.29 is 9.72 Å². The molecule has 1 heterocycles. The van der Waals surface area contributed by atoms with Crippen molar-refractivity contribution in [3.05, 3.63) is 33.9 Å². The normalized spacial score (nSPS) is 17.3. The van der Waals surface area contributed by atoms with Crippen LogP contribution in [-0.2, 0) is 4.79 Å². The molecule has 0 bridgehead atoms. The van der Waals surface area contributed by atoms with Crippen molar-refractivity contribution in [1.29, 1.82) is 5.41 Å². The Balaban J connectivity index is 2.39. The van der Waals surface area contributed by atoms with Crippen molar-refractivity contribution in [3.8, 4) is 0 Å². The largest absolute Gasteiger partial charge is 0.359 e. The number of hydrazone groups is 1. The maximum Gasteiger partial charge on any atom is 0.293 e. The topological polar surface area (TPSA) is 133 Å². The number of nitrogens with zero attached hydrogens (tertiary/aromatic N) is 2. The van der Waals surface area contributed by atoms with Gasteiger partial charge in [0.05, 0.1) is 10.6 Å². The molecule has 0 saturated heterocycles. The van der Waals surface area contributed by atoms with Gasteiger partial charge in [0, 0.05) is 31.0 Å². The molecule has 22 heavy (non-hydrogen) atoms. The highest BCUT2D eigenvalue weighted by Gasteiger charge is 2.24. The molecule has 1 aromatic rings. The Hall–Kier alpha value is -2.97. The van der Waals surface area contributed by atoms with Gasteiger partial charge in [-0.15, -0.1) is 0 Å². The fourth-order valence-corrected chi connectivity index (χ4v) is 2.15. The summed E-state index contributed by atoms with van der Waals surface area (Å²) in [5.74, 6) is -0.347. The minimum atomic E-state index is -0.526. The van der Waals surface area contributed by atoms with Gasteiger partial charge in [0.25, 0.3) is 5.69 Å². The molecule has 0 fully saturated rings. The highest BCUT2D eigenvalue weighted by Crippen LogP contribution is 2.27. The van der Waals surface area contributed by atoms with Gasteiger partial charge in [-0.25, -0.2) is 5.43 Å². The molecule has 9 nitrogen and oxygen atoms in total. The van der Waals surface area contributed by atoms with E-state index in [9.17, 15) is 14.9 Å². The molecule has 1 aromatic carbocycles. The maximum atomic E-state index is 11.3. The number of anilines is 1. The summed E-state index contributed by atoms with van der Waals surface area (Å²) in [5.41, 5.74) is 3.60. The summed E-state index contributed by atoms with van der Waals surface area (Å²) >= 11 is 0. The second-order valence-corrected chi connectivity index (χ2v) is 4.88. The average molecular weight is 304 g/mol. The lowest BCUT2D eigenvalue weighted by atomic mass is 9.93. The van der Waals surface area contributed by atoms with Gasteiger partial charge in [0.1, 0.15) is 5.69 Å². The van der Waals surface area contributed by atoms with E-state index in [1.165, 1.54) is 19.2 Å². The number of rotatable bonds is 3. The average Bonchev–Trinajstić information content (AvgIpc) is 2.47. The molecule has 116 valence electrons. The van der Waals surface area contributed by atoms with Crippen molar-refractivity contribution >= 4 is 29.0 Å². The Bertz CT molecular complexity index is 670. The zero-order valence-electron chi connectivity index (χ0n) is 12.1. The molecule has 1 aliphatic rings. The van der Waals surface area contributed by atoms with Crippen LogP contribution in [0.25, 0.3) is 0 Å². The summed E-state index contributed by atoms with van der Waals surface area (Å²) in [4.78, 5) is 22.0. The number of nitrogens with one attached hydrogen (secondary N) is 4. The molecule has 4 N–H and O–H groups in total. The van der Waals surface area contributed by atoms with E-state index in [2.05, 4.69) is 21.2 Å². The second-order valence-electron chi connectivity index (χ2n) is 4.88. The number of nitro groups is 1. The van der Waals surface area contributed by atoms with E-state index in [1.807, 2.05) is 6.92 Å². The highest BCUT2D eigenvalue weighted by molar-refractivity contribution is 6.06. The van der Waals surface area contributed by atoms with E-state index in [0.29, 0.717) is 11.3 Å². The molecular weight excluding hydrogens is 288 g/mol. The van der Waals surface area contributed by atoms with E-state index in [-0.39, 0.29) is 35.6 Å². The molecule has 9 heteroatoms. The van der Waals surface area contributed by atoms with E-state index in [4.69, 9.17) is 5.41 Å². The zero-order valence-corrected chi connectivity index (χ0v) is 12.1. The van der Waals surface area contributed by atoms with Crippen LogP contribution in [0.2, 0.25) is 0 Å². The van der Waals surface area contributed by atoms with Crippen LogP contribution in [0.4, 0.5) is 11.4 Å². The molecule has 0 radical (unpaired) electrons. The lowest BCUT2D eigenvalue weighted by Gasteiger charge is -2.19. The summed E-state index contributed by atoms with van der Waals surface area (Å²) in [6, 6.07) is 4.58. The number of hydrogen-bond acceptors (Lipinski definition) is 5. The summed E-state index contributed by atoms with van der Waals surface area (Å²) in [5, 5.41) is 27.9. The van der Waals surface area contributed by atoms with E-state index in [0.717, 1.165) is 0 Å². The standard InChI is InChI=1S/C13H16N6O3/c1-7-5-11(20)17-18-12(7)8-3-4-9(16-13(14)15-2)10(6-8)19(21)22/h3-4,6-7H,5H2,1-2H3,(H,17,20)(H3,14,15,16). The predicted molar refractivity (Wildman–Crippen MR) is 82.0 cm³/mol. The minimum Gasteiger partial charge on any atom is -0.359 e. The van der Waals surface area contributed by atoms with Crippen molar-refractivity contribution in [3.63, 3.8) is 0 Å². The van der Waals surface area contributed by atoms with Gasteiger partial charge < -0.3 is 10.6 Å². The minimum absolute atomic E-state index is 0.0495. The Morgan fingerprint density at radius 2 is 2.27 bits per heavy atom. The molecular formula is C13H16N6O3.